The van der Waals surface area contributed by atoms with Gasteiger partial charge in [-0.2, -0.15) is 0 Å². The predicted molar refractivity (Wildman–Crippen MR) is 146 cm³/mol. The zero-order valence-corrected chi connectivity index (χ0v) is 23.5. The minimum absolute atomic E-state index is 0.159. The van der Waals surface area contributed by atoms with Gasteiger partial charge in [0.2, 0.25) is 0 Å². The number of carbonyl (C=O) groups is 2. The predicted octanol–water partition coefficient (Wildman–Crippen LogP) is 4.94. The Hall–Kier alpha value is -3.33. The number of nitrogens with zero attached hydrogens (tertiary/aromatic N) is 4. The molecule has 0 radical (unpaired) electrons. The molecule has 3 aromatic rings. The second-order valence-corrected chi connectivity index (χ2v) is 13.1. The lowest BCUT2D eigenvalue weighted by Gasteiger charge is -2.47. The number of furan rings is 1. The first-order chi connectivity index (χ1) is 18.2. The zero-order valence-electron chi connectivity index (χ0n) is 23.5. The summed E-state index contributed by atoms with van der Waals surface area (Å²) in [5, 5.41) is 10.5. The van der Waals surface area contributed by atoms with Crippen LogP contribution in [-0.2, 0) is 10.2 Å². The van der Waals surface area contributed by atoms with E-state index >= 15 is 0 Å². The van der Waals surface area contributed by atoms with Gasteiger partial charge in [0, 0.05) is 36.7 Å². The molecule has 8 nitrogen and oxygen atoms in total. The quantitative estimate of drug-likeness (QED) is 0.496. The first-order valence-electron chi connectivity index (χ1n) is 13.5. The normalized spacial score (nSPS) is 19.3. The van der Waals surface area contributed by atoms with Crippen LogP contribution < -0.4 is 0 Å². The molecule has 3 heterocycles. The molecule has 1 aliphatic heterocycles. The maximum absolute atomic E-state index is 13.7. The van der Waals surface area contributed by atoms with Crippen LogP contribution in [0.5, 0.6) is 0 Å². The molecule has 2 aliphatic rings. The van der Waals surface area contributed by atoms with E-state index < -0.39 is 11.6 Å². The summed E-state index contributed by atoms with van der Waals surface area (Å²) in [7, 11) is 0. The minimum Gasteiger partial charge on any atom is -0.447 e. The fourth-order valence-corrected chi connectivity index (χ4v) is 5.33. The first-order valence-corrected chi connectivity index (χ1v) is 13.5. The standard InChI is InChI=1S/C30H37FN4O4/c1-28(2,3)16-21(36)26(37)34-13-14-35(29(4,5)17-34)27(38)22-15-20-23(39-22)24(30(6)11-12-30)33-25(32-20)18-7-9-19(31)10-8-18/h7-10,15,21,36H,11-14,16-17H2,1-6H3/t21-/m1/s1. The van der Waals surface area contributed by atoms with Crippen molar-refractivity contribution in [3.05, 3.63) is 47.6 Å². The molecule has 39 heavy (non-hydrogen) atoms. The number of carbonyl (C=O) groups excluding carboxylic acids is 2. The summed E-state index contributed by atoms with van der Waals surface area (Å²) in [6.07, 6.45) is 1.20. The van der Waals surface area contributed by atoms with E-state index in [1.54, 1.807) is 28.0 Å². The Morgan fingerprint density at radius 2 is 1.77 bits per heavy atom. The molecule has 1 saturated heterocycles. The van der Waals surface area contributed by atoms with Crippen molar-refractivity contribution in [2.24, 2.45) is 5.41 Å². The molecule has 5 rings (SSSR count). The molecule has 2 fully saturated rings. The number of amides is 2. The average molecular weight is 537 g/mol. The third-order valence-electron chi connectivity index (χ3n) is 7.81. The van der Waals surface area contributed by atoms with Crippen LogP contribution in [0.1, 0.15) is 77.1 Å². The van der Waals surface area contributed by atoms with Crippen molar-refractivity contribution in [3.63, 3.8) is 0 Å². The van der Waals surface area contributed by atoms with Gasteiger partial charge in [-0.1, -0.05) is 27.7 Å². The third-order valence-corrected chi connectivity index (χ3v) is 7.81. The zero-order chi connectivity index (χ0) is 28.3. The Morgan fingerprint density at radius 1 is 1.10 bits per heavy atom. The molecule has 0 spiro atoms. The van der Waals surface area contributed by atoms with Crippen LogP contribution in [0.4, 0.5) is 4.39 Å². The van der Waals surface area contributed by atoms with Crippen LogP contribution in [0.15, 0.2) is 34.7 Å². The van der Waals surface area contributed by atoms with Crippen molar-refractivity contribution < 1.29 is 23.5 Å². The van der Waals surface area contributed by atoms with Crippen molar-refractivity contribution in [1.82, 2.24) is 19.8 Å². The molecular weight excluding hydrogens is 499 g/mol. The van der Waals surface area contributed by atoms with E-state index in [4.69, 9.17) is 9.40 Å². The van der Waals surface area contributed by atoms with E-state index in [0.717, 1.165) is 18.5 Å². The number of aromatic nitrogens is 2. The molecular formula is C30H37FN4O4. The molecule has 9 heteroatoms. The molecule has 208 valence electrons. The topological polar surface area (TPSA) is 99.8 Å². The maximum Gasteiger partial charge on any atom is 0.290 e. The van der Waals surface area contributed by atoms with E-state index in [1.165, 1.54) is 12.1 Å². The molecule has 0 unspecified atom stereocenters. The van der Waals surface area contributed by atoms with Crippen LogP contribution in [-0.4, -0.2) is 68.0 Å². The Balaban J connectivity index is 1.42. The summed E-state index contributed by atoms with van der Waals surface area (Å²) in [5.41, 5.74) is 1.46. The van der Waals surface area contributed by atoms with Crippen molar-refractivity contribution in [2.45, 2.75) is 77.9 Å². The molecule has 1 aromatic carbocycles. The number of piperazine rings is 1. The fraction of sp³-hybridized carbons (Fsp3) is 0.533. The van der Waals surface area contributed by atoms with E-state index in [-0.39, 0.29) is 34.2 Å². The van der Waals surface area contributed by atoms with Gasteiger partial charge in [-0.05, 0) is 62.8 Å². The number of halogens is 1. The second kappa shape index (κ2) is 9.40. The number of benzene rings is 1. The van der Waals surface area contributed by atoms with Gasteiger partial charge in [0.25, 0.3) is 11.8 Å². The maximum atomic E-state index is 13.7. The van der Waals surface area contributed by atoms with Crippen LogP contribution in [0.25, 0.3) is 22.5 Å². The van der Waals surface area contributed by atoms with Crippen molar-refractivity contribution >= 4 is 22.9 Å². The Bertz CT molecular complexity index is 1420. The highest BCUT2D eigenvalue weighted by atomic mass is 19.1. The van der Waals surface area contributed by atoms with Gasteiger partial charge in [-0.3, -0.25) is 9.59 Å². The lowest BCUT2D eigenvalue weighted by molar-refractivity contribution is -0.145. The summed E-state index contributed by atoms with van der Waals surface area (Å²) in [6, 6.07) is 7.69. The van der Waals surface area contributed by atoms with E-state index in [0.29, 0.717) is 48.5 Å². The van der Waals surface area contributed by atoms with Crippen LogP contribution in [0.2, 0.25) is 0 Å². The summed E-state index contributed by atoms with van der Waals surface area (Å²) in [6.45, 7) is 12.8. The van der Waals surface area contributed by atoms with Gasteiger partial charge < -0.3 is 19.3 Å². The van der Waals surface area contributed by atoms with Gasteiger partial charge in [0.05, 0.1) is 11.2 Å². The molecule has 1 atom stereocenters. The Kier molecular flexibility index (Phi) is 6.57. The van der Waals surface area contributed by atoms with Crippen LogP contribution in [0, 0.1) is 11.2 Å². The number of aliphatic hydroxyl groups is 1. The highest BCUT2D eigenvalue weighted by Crippen LogP contribution is 2.49. The lowest BCUT2D eigenvalue weighted by atomic mass is 9.88. The van der Waals surface area contributed by atoms with Crippen molar-refractivity contribution in [2.75, 3.05) is 19.6 Å². The summed E-state index contributed by atoms with van der Waals surface area (Å²) >= 11 is 0. The molecule has 2 amide bonds. The smallest absolute Gasteiger partial charge is 0.290 e. The molecule has 0 bridgehead atoms. The third kappa shape index (κ3) is 5.41. The highest BCUT2D eigenvalue weighted by molar-refractivity contribution is 5.96. The highest BCUT2D eigenvalue weighted by Gasteiger charge is 2.45. The van der Waals surface area contributed by atoms with E-state index in [9.17, 15) is 19.1 Å². The van der Waals surface area contributed by atoms with Gasteiger partial charge >= 0.3 is 0 Å². The fourth-order valence-electron chi connectivity index (χ4n) is 5.33. The Morgan fingerprint density at radius 3 is 2.36 bits per heavy atom. The molecule has 1 aliphatic carbocycles. The monoisotopic (exact) mass is 536 g/mol. The second-order valence-electron chi connectivity index (χ2n) is 13.1. The number of hydrogen-bond donors (Lipinski definition) is 1. The number of rotatable bonds is 5. The summed E-state index contributed by atoms with van der Waals surface area (Å²) in [5.74, 6) is -0.290. The summed E-state index contributed by atoms with van der Waals surface area (Å²) in [4.78, 5) is 39.5. The van der Waals surface area contributed by atoms with Crippen molar-refractivity contribution in [1.29, 1.82) is 0 Å². The van der Waals surface area contributed by atoms with Crippen LogP contribution >= 0.6 is 0 Å². The van der Waals surface area contributed by atoms with Gasteiger partial charge in [-0.15, -0.1) is 0 Å². The largest absolute Gasteiger partial charge is 0.447 e. The SMILES string of the molecule is CC(C)(C)C[C@@H](O)C(=O)N1CCN(C(=O)c2cc3nc(-c4ccc(F)cc4)nc(C4(C)CC4)c3o2)C(C)(C)C1. The van der Waals surface area contributed by atoms with E-state index in [1.807, 2.05) is 34.6 Å². The number of hydrogen-bond acceptors (Lipinski definition) is 6. The van der Waals surface area contributed by atoms with Crippen molar-refractivity contribution in [3.8, 4) is 11.4 Å². The summed E-state index contributed by atoms with van der Waals surface area (Å²) < 4.78 is 19.7. The van der Waals surface area contributed by atoms with E-state index in [2.05, 4.69) is 11.9 Å². The Labute approximate surface area is 228 Å². The average Bonchev–Trinajstić information content (AvgIpc) is 3.45. The first kappa shape index (κ1) is 27.2. The van der Waals surface area contributed by atoms with Gasteiger partial charge in [0.15, 0.2) is 17.2 Å². The van der Waals surface area contributed by atoms with Crippen LogP contribution in [0.3, 0.4) is 0 Å². The van der Waals surface area contributed by atoms with Gasteiger partial charge in [-0.25, -0.2) is 14.4 Å². The number of aliphatic hydroxyl groups excluding tert-OH is 1. The van der Waals surface area contributed by atoms with Gasteiger partial charge in [0.1, 0.15) is 17.4 Å². The lowest BCUT2D eigenvalue weighted by Crippen LogP contribution is -2.63. The molecule has 1 saturated carbocycles. The molecule has 1 N–H and O–H groups in total. The molecule has 2 aromatic heterocycles. The minimum atomic E-state index is -1.07. The number of fused-ring (bicyclic) bond motifs is 1.